The largest absolute Gasteiger partial charge is 0.356 e. The molecule has 0 bridgehead atoms. The highest BCUT2D eigenvalue weighted by atomic mass is 35.5. The zero-order chi connectivity index (χ0) is 12.0. The number of amides is 1. The van der Waals surface area contributed by atoms with Crippen LogP contribution in [0.3, 0.4) is 0 Å². The van der Waals surface area contributed by atoms with Crippen LogP contribution in [0.4, 0.5) is 5.82 Å². The van der Waals surface area contributed by atoms with E-state index in [0.29, 0.717) is 12.4 Å². The van der Waals surface area contributed by atoms with E-state index in [0.717, 1.165) is 6.42 Å². The van der Waals surface area contributed by atoms with Crippen molar-refractivity contribution in [2.75, 3.05) is 11.9 Å². The van der Waals surface area contributed by atoms with Crippen molar-refractivity contribution in [3.8, 4) is 0 Å². The first kappa shape index (κ1) is 12.7. The Bertz CT molecular complexity index is 358. The predicted octanol–water partition coefficient (Wildman–Crippen LogP) is 1.46. The van der Waals surface area contributed by atoms with Crippen LogP contribution in [0, 0.1) is 0 Å². The number of nitrogens with one attached hydrogen (secondary N) is 2. The van der Waals surface area contributed by atoms with Crippen LogP contribution in [0.2, 0.25) is 5.15 Å². The first-order chi connectivity index (χ1) is 7.65. The highest BCUT2D eigenvalue weighted by Gasteiger charge is 2.13. The SMILES string of the molecule is CCCNC(=O)C(C)Nc1nccnc1Cl. The molecule has 5 nitrogen and oxygen atoms in total. The van der Waals surface area contributed by atoms with E-state index in [2.05, 4.69) is 20.6 Å². The fraction of sp³-hybridized carbons (Fsp3) is 0.500. The van der Waals surface area contributed by atoms with Crippen molar-refractivity contribution < 1.29 is 4.79 Å². The molecule has 1 atom stereocenters. The Morgan fingerprint density at radius 2 is 2.19 bits per heavy atom. The summed E-state index contributed by atoms with van der Waals surface area (Å²) in [5, 5.41) is 5.94. The average molecular weight is 243 g/mol. The molecule has 0 aliphatic carbocycles. The molecule has 1 aromatic heterocycles. The van der Waals surface area contributed by atoms with Gasteiger partial charge in [0.2, 0.25) is 5.91 Å². The van der Waals surface area contributed by atoms with Crippen LogP contribution in [-0.4, -0.2) is 28.5 Å². The third-order valence-electron chi connectivity index (χ3n) is 1.95. The monoisotopic (exact) mass is 242 g/mol. The van der Waals surface area contributed by atoms with Gasteiger partial charge in [-0.2, -0.15) is 0 Å². The molecule has 0 radical (unpaired) electrons. The summed E-state index contributed by atoms with van der Waals surface area (Å²) in [5.41, 5.74) is 0. The highest BCUT2D eigenvalue weighted by molar-refractivity contribution is 6.31. The van der Waals surface area contributed by atoms with Gasteiger partial charge in [-0.3, -0.25) is 4.79 Å². The van der Waals surface area contributed by atoms with E-state index >= 15 is 0 Å². The molecule has 0 fully saturated rings. The standard InChI is InChI=1S/C10H15ClN4O/c1-3-4-14-10(16)7(2)15-9-8(11)12-5-6-13-9/h5-7H,3-4H2,1-2H3,(H,13,15)(H,14,16). The van der Waals surface area contributed by atoms with E-state index in [9.17, 15) is 4.79 Å². The minimum atomic E-state index is -0.388. The van der Waals surface area contributed by atoms with Gasteiger partial charge in [-0.25, -0.2) is 9.97 Å². The quantitative estimate of drug-likeness (QED) is 0.820. The molecule has 88 valence electrons. The molecule has 2 N–H and O–H groups in total. The van der Waals surface area contributed by atoms with Gasteiger partial charge < -0.3 is 10.6 Å². The van der Waals surface area contributed by atoms with Crippen LogP contribution in [0.1, 0.15) is 20.3 Å². The molecule has 1 aromatic rings. The van der Waals surface area contributed by atoms with Crippen molar-refractivity contribution in [2.45, 2.75) is 26.3 Å². The number of nitrogens with zero attached hydrogens (tertiary/aromatic N) is 2. The molecule has 0 aromatic carbocycles. The number of hydrogen-bond acceptors (Lipinski definition) is 4. The van der Waals surface area contributed by atoms with Crippen LogP contribution in [0.5, 0.6) is 0 Å². The van der Waals surface area contributed by atoms with Gasteiger partial charge in [0.15, 0.2) is 11.0 Å². The number of hydrogen-bond donors (Lipinski definition) is 2. The topological polar surface area (TPSA) is 66.9 Å². The summed E-state index contributed by atoms with van der Waals surface area (Å²) in [7, 11) is 0. The van der Waals surface area contributed by atoms with Gasteiger partial charge in [-0.05, 0) is 13.3 Å². The summed E-state index contributed by atoms with van der Waals surface area (Å²) >= 11 is 5.81. The Hall–Kier alpha value is -1.36. The van der Waals surface area contributed by atoms with Gasteiger partial charge in [0.25, 0.3) is 0 Å². The van der Waals surface area contributed by atoms with Crippen LogP contribution >= 0.6 is 11.6 Å². The van der Waals surface area contributed by atoms with Gasteiger partial charge in [0.1, 0.15) is 6.04 Å². The number of carbonyl (C=O) groups excluding carboxylic acids is 1. The smallest absolute Gasteiger partial charge is 0.242 e. The zero-order valence-electron chi connectivity index (χ0n) is 9.33. The van der Waals surface area contributed by atoms with Crippen molar-refractivity contribution in [3.05, 3.63) is 17.5 Å². The van der Waals surface area contributed by atoms with Gasteiger partial charge in [0.05, 0.1) is 0 Å². The van der Waals surface area contributed by atoms with Gasteiger partial charge in [-0.15, -0.1) is 0 Å². The molecule has 1 unspecified atom stereocenters. The van der Waals surface area contributed by atoms with Crippen LogP contribution in [-0.2, 0) is 4.79 Å². The molecular formula is C10H15ClN4O. The van der Waals surface area contributed by atoms with E-state index in [1.165, 1.54) is 12.4 Å². The van der Waals surface area contributed by atoms with Crippen LogP contribution < -0.4 is 10.6 Å². The van der Waals surface area contributed by atoms with E-state index in [1.54, 1.807) is 6.92 Å². The normalized spacial score (nSPS) is 11.9. The second-order valence-corrected chi connectivity index (χ2v) is 3.71. The third kappa shape index (κ3) is 3.66. The molecule has 1 rings (SSSR count). The molecule has 0 saturated heterocycles. The van der Waals surface area contributed by atoms with Crippen molar-refractivity contribution in [3.63, 3.8) is 0 Å². The molecule has 0 aliphatic heterocycles. The summed E-state index contributed by atoms with van der Waals surface area (Å²) in [5.74, 6) is 0.340. The van der Waals surface area contributed by atoms with Crippen LogP contribution in [0.25, 0.3) is 0 Å². The number of carbonyl (C=O) groups is 1. The van der Waals surface area contributed by atoms with Gasteiger partial charge in [-0.1, -0.05) is 18.5 Å². The maximum atomic E-state index is 11.6. The number of aromatic nitrogens is 2. The zero-order valence-corrected chi connectivity index (χ0v) is 10.1. The summed E-state index contributed by atoms with van der Waals surface area (Å²) in [6.45, 7) is 4.41. The second-order valence-electron chi connectivity index (χ2n) is 3.35. The molecule has 1 amide bonds. The molecule has 6 heteroatoms. The molecule has 0 saturated carbocycles. The Morgan fingerprint density at radius 1 is 1.50 bits per heavy atom. The van der Waals surface area contributed by atoms with E-state index in [1.807, 2.05) is 6.92 Å². The Kier molecular flexibility index (Phi) is 4.98. The molecule has 0 aliphatic rings. The minimum Gasteiger partial charge on any atom is -0.356 e. The number of anilines is 1. The van der Waals surface area contributed by atoms with E-state index in [-0.39, 0.29) is 17.1 Å². The average Bonchev–Trinajstić information content (AvgIpc) is 2.28. The van der Waals surface area contributed by atoms with Crippen molar-refractivity contribution in [1.82, 2.24) is 15.3 Å². The van der Waals surface area contributed by atoms with Gasteiger partial charge in [0, 0.05) is 18.9 Å². The third-order valence-corrected chi connectivity index (χ3v) is 2.23. The first-order valence-electron chi connectivity index (χ1n) is 5.16. The fourth-order valence-corrected chi connectivity index (χ4v) is 1.25. The lowest BCUT2D eigenvalue weighted by Crippen LogP contribution is -2.38. The summed E-state index contributed by atoms with van der Waals surface area (Å²) in [6, 6.07) is -0.388. The first-order valence-corrected chi connectivity index (χ1v) is 5.53. The Balaban J connectivity index is 2.54. The summed E-state index contributed by atoms with van der Waals surface area (Å²) in [6.07, 6.45) is 3.92. The molecule has 0 spiro atoms. The lowest BCUT2D eigenvalue weighted by Gasteiger charge is -2.14. The van der Waals surface area contributed by atoms with Crippen molar-refractivity contribution >= 4 is 23.3 Å². The molecule has 16 heavy (non-hydrogen) atoms. The second kappa shape index (κ2) is 6.27. The summed E-state index contributed by atoms with van der Waals surface area (Å²) in [4.78, 5) is 19.4. The van der Waals surface area contributed by atoms with Crippen molar-refractivity contribution in [1.29, 1.82) is 0 Å². The lowest BCUT2D eigenvalue weighted by molar-refractivity contribution is -0.121. The predicted molar refractivity (Wildman–Crippen MR) is 63.4 cm³/mol. The Morgan fingerprint density at radius 3 is 2.81 bits per heavy atom. The highest BCUT2D eigenvalue weighted by Crippen LogP contribution is 2.14. The minimum absolute atomic E-state index is 0.0800. The van der Waals surface area contributed by atoms with E-state index < -0.39 is 0 Å². The number of rotatable bonds is 5. The van der Waals surface area contributed by atoms with E-state index in [4.69, 9.17) is 11.6 Å². The summed E-state index contributed by atoms with van der Waals surface area (Å²) < 4.78 is 0. The van der Waals surface area contributed by atoms with Crippen molar-refractivity contribution in [2.24, 2.45) is 0 Å². The lowest BCUT2D eigenvalue weighted by atomic mass is 10.3. The molecular weight excluding hydrogens is 228 g/mol. The fourth-order valence-electron chi connectivity index (χ4n) is 1.09. The maximum absolute atomic E-state index is 11.6. The number of halogens is 1. The maximum Gasteiger partial charge on any atom is 0.242 e. The van der Waals surface area contributed by atoms with Gasteiger partial charge >= 0.3 is 0 Å². The Labute approximate surface area is 99.6 Å². The molecule has 1 heterocycles. The van der Waals surface area contributed by atoms with Crippen LogP contribution in [0.15, 0.2) is 12.4 Å².